The third-order valence-electron chi connectivity index (χ3n) is 2.07. The van der Waals surface area contributed by atoms with Crippen molar-refractivity contribution in [2.24, 2.45) is 0 Å². The SMILES string of the molecule is O=S(=O)(Oc1cc(F)cc(F)c1)c1ccccc1. The molecule has 0 aliphatic heterocycles. The first-order chi connectivity index (χ1) is 8.47. The lowest BCUT2D eigenvalue weighted by atomic mass is 10.3. The van der Waals surface area contributed by atoms with Gasteiger partial charge in [0.05, 0.1) is 0 Å². The minimum absolute atomic E-state index is 0.0883. The Morgan fingerprint density at radius 2 is 1.44 bits per heavy atom. The average Bonchev–Trinajstić information content (AvgIpc) is 2.28. The second-order valence-corrected chi connectivity index (χ2v) is 5.00. The fraction of sp³-hybridized carbons (Fsp3) is 0. The van der Waals surface area contributed by atoms with E-state index in [0.717, 1.165) is 12.1 Å². The predicted octanol–water partition coefficient (Wildman–Crippen LogP) is 2.73. The maximum absolute atomic E-state index is 12.9. The average molecular weight is 270 g/mol. The Morgan fingerprint density at radius 1 is 0.889 bits per heavy atom. The van der Waals surface area contributed by atoms with E-state index < -0.39 is 27.5 Å². The highest BCUT2D eigenvalue weighted by Gasteiger charge is 2.16. The number of benzene rings is 2. The van der Waals surface area contributed by atoms with Gasteiger partial charge in [-0.05, 0) is 12.1 Å². The summed E-state index contributed by atoms with van der Waals surface area (Å²) in [6.45, 7) is 0. The first-order valence-electron chi connectivity index (χ1n) is 4.93. The first kappa shape index (κ1) is 12.5. The standard InChI is InChI=1S/C12H8F2O3S/c13-9-6-10(14)8-11(7-9)17-18(15,16)12-4-2-1-3-5-12/h1-8H. The van der Waals surface area contributed by atoms with Gasteiger partial charge < -0.3 is 4.18 Å². The zero-order valence-corrected chi connectivity index (χ0v) is 9.82. The molecule has 2 aromatic rings. The molecule has 0 N–H and O–H groups in total. The first-order valence-corrected chi connectivity index (χ1v) is 6.34. The molecule has 0 atom stereocenters. The van der Waals surface area contributed by atoms with Crippen molar-refractivity contribution in [3.8, 4) is 5.75 Å². The van der Waals surface area contributed by atoms with E-state index in [0.29, 0.717) is 6.07 Å². The van der Waals surface area contributed by atoms with E-state index in [9.17, 15) is 17.2 Å². The third kappa shape index (κ3) is 2.84. The van der Waals surface area contributed by atoms with Crippen LogP contribution >= 0.6 is 0 Å². The molecule has 0 bridgehead atoms. The molecular weight excluding hydrogens is 262 g/mol. The third-order valence-corrected chi connectivity index (χ3v) is 3.34. The lowest BCUT2D eigenvalue weighted by Crippen LogP contribution is -2.09. The van der Waals surface area contributed by atoms with Gasteiger partial charge in [-0.2, -0.15) is 8.42 Å². The van der Waals surface area contributed by atoms with Crippen molar-refractivity contribution in [1.29, 1.82) is 0 Å². The molecule has 0 spiro atoms. The fourth-order valence-electron chi connectivity index (χ4n) is 1.34. The zero-order valence-electron chi connectivity index (χ0n) is 9.01. The molecule has 0 saturated carbocycles. The molecule has 2 rings (SSSR count). The summed E-state index contributed by atoms with van der Waals surface area (Å²) >= 11 is 0. The smallest absolute Gasteiger partial charge is 0.339 e. The van der Waals surface area contributed by atoms with Crippen LogP contribution in [0, 0.1) is 11.6 Å². The molecule has 0 aliphatic rings. The summed E-state index contributed by atoms with van der Waals surface area (Å²) in [4.78, 5) is -0.0883. The monoisotopic (exact) mass is 270 g/mol. The van der Waals surface area contributed by atoms with Gasteiger partial charge in [0, 0.05) is 18.2 Å². The topological polar surface area (TPSA) is 43.4 Å². The Labute approximate surface area is 103 Å². The molecule has 2 aromatic carbocycles. The highest BCUT2D eigenvalue weighted by atomic mass is 32.2. The van der Waals surface area contributed by atoms with Crippen molar-refractivity contribution in [2.75, 3.05) is 0 Å². The van der Waals surface area contributed by atoms with Crippen LogP contribution < -0.4 is 4.18 Å². The van der Waals surface area contributed by atoms with E-state index in [1.165, 1.54) is 24.3 Å². The highest BCUT2D eigenvalue weighted by Crippen LogP contribution is 2.20. The summed E-state index contributed by atoms with van der Waals surface area (Å²) in [6, 6.07) is 9.54. The van der Waals surface area contributed by atoms with Crippen molar-refractivity contribution in [1.82, 2.24) is 0 Å². The van der Waals surface area contributed by atoms with E-state index >= 15 is 0 Å². The Bertz CT molecular complexity index is 634. The number of hydrogen-bond donors (Lipinski definition) is 0. The lowest BCUT2D eigenvalue weighted by Gasteiger charge is -2.06. The maximum atomic E-state index is 12.9. The minimum Gasteiger partial charge on any atom is -0.379 e. The summed E-state index contributed by atoms with van der Waals surface area (Å²) in [6.07, 6.45) is 0. The van der Waals surface area contributed by atoms with Crippen molar-refractivity contribution in [3.05, 3.63) is 60.2 Å². The summed E-state index contributed by atoms with van der Waals surface area (Å²) in [5.41, 5.74) is 0. The van der Waals surface area contributed by atoms with Crippen LogP contribution in [0.3, 0.4) is 0 Å². The van der Waals surface area contributed by atoms with E-state index in [1.807, 2.05) is 0 Å². The summed E-state index contributed by atoms with van der Waals surface area (Å²) in [5, 5.41) is 0. The quantitative estimate of drug-likeness (QED) is 0.805. The van der Waals surface area contributed by atoms with Crippen molar-refractivity contribution >= 4 is 10.1 Å². The number of halogens is 2. The molecule has 0 heterocycles. The molecule has 3 nitrogen and oxygen atoms in total. The Balaban J connectivity index is 2.34. The Hall–Kier alpha value is -1.95. The van der Waals surface area contributed by atoms with Crippen LogP contribution in [0.4, 0.5) is 8.78 Å². The fourth-order valence-corrected chi connectivity index (χ4v) is 2.27. The van der Waals surface area contributed by atoms with Crippen LogP contribution in [0.1, 0.15) is 0 Å². The molecule has 0 aromatic heterocycles. The zero-order chi connectivity index (χ0) is 13.2. The van der Waals surface area contributed by atoms with Gasteiger partial charge in [-0.15, -0.1) is 0 Å². The van der Waals surface area contributed by atoms with Gasteiger partial charge in [0.25, 0.3) is 0 Å². The van der Waals surface area contributed by atoms with Gasteiger partial charge in [-0.25, -0.2) is 8.78 Å². The second kappa shape index (κ2) is 4.73. The molecule has 94 valence electrons. The van der Waals surface area contributed by atoms with E-state index in [2.05, 4.69) is 4.18 Å². The number of hydrogen-bond acceptors (Lipinski definition) is 3. The van der Waals surface area contributed by atoms with Crippen molar-refractivity contribution in [3.63, 3.8) is 0 Å². The van der Waals surface area contributed by atoms with Gasteiger partial charge in [-0.1, -0.05) is 18.2 Å². The number of rotatable bonds is 3. The summed E-state index contributed by atoms with van der Waals surface area (Å²) in [7, 11) is -4.08. The molecular formula is C12H8F2O3S. The van der Waals surface area contributed by atoms with Crippen LogP contribution in [0.25, 0.3) is 0 Å². The van der Waals surface area contributed by atoms with Crippen molar-refractivity contribution in [2.45, 2.75) is 4.90 Å². The molecule has 0 aliphatic carbocycles. The van der Waals surface area contributed by atoms with Gasteiger partial charge in [-0.3, -0.25) is 0 Å². The molecule has 6 heteroatoms. The van der Waals surface area contributed by atoms with Gasteiger partial charge >= 0.3 is 10.1 Å². The predicted molar refractivity (Wildman–Crippen MR) is 60.6 cm³/mol. The van der Waals surface area contributed by atoms with E-state index in [4.69, 9.17) is 0 Å². The minimum atomic E-state index is -4.08. The van der Waals surface area contributed by atoms with Gasteiger partial charge in [0.2, 0.25) is 0 Å². The van der Waals surface area contributed by atoms with Crippen LogP contribution in [0.2, 0.25) is 0 Å². The normalized spacial score (nSPS) is 11.2. The molecule has 0 unspecified atom stereocenters. The van der Waals surface area contributed by atoms with Crippen LogP contribution in [-0.4, -0.2) is 8.42 Å². The molecule has 0 amide bonds. The lowest BCUT2D eigenvalue weighted by molar-refractivity contribution is 0.478. The van der Waals surface area contributed by atoms with Crippen LogP contribution in [-0.2, 0) is 10.1 Å². The maximum Gasteiger partial charge on any atom is 0.339 e. The Kier molecular flexibility index (Phi) is 3.29. The van der Waals surface area contributed by atoms with Crippen LogP contribution in [0.15, 0.2) is 53.4 Å². The highest BCUT2D eigenvalue weighted by molar-refractivity contribution is 7.87. The molecule has 0 radical (unpaired) electrons. The van der Waals surface area contributed by atoms with E-state index in [1.54, 1.807) is 6.07 Å². The van der Waals surface area contributed by atoms with E-state index in [-0.39, 0.29) is 4.90 Å². The molecule has 0 saturated heterocycles. The van der Waals surface area contributed by atoms with Gasteiger partial charge in [0.1, 0.15) is 22.3 Å². The van der Waals surface area contributed by atoms with Crippen molar-refractivity contribution < 1.29 is 21.4 Å². The Morgan fingerprint density at radius 3 is 2.00 bits per heavy atom. The summed E-state index contributed by atoms with van der Waals surface area (Å²) < 4.78 is 53.9. The van der Waals surface area contributed by atoms with Crippen LogP contribution in [0.5, 0.6) is 5.75 Å². The molecule has 0 fully saturated rings. The van der Waals surface area contributed by atoms with Gasteiger partial charge in [0.15, 0.2) is 0 Å². The second-order valence-electron chi connectivity index (χ2n) is 3.46. The summed E-state index contributed by atoms with van der Waals surface area (Å²) in [5.74, 6) is -2.22. The largest absolute Gasteiger partial charge is 0.379 e. The molecule has 18 heavy (non-hydrogen) atoms.